The van der Waals surface area contributed by atoms with Crippen LogP contribution in [0.5, 0.6) is 5.75 Å². The zero-order valence-electron chi connectivity index (χ0n) is 14.0. The van der Waals surface area contributed by atoms with Gasteiger partial charge in [-0.15, -0.1) is 0 Å². The first-order chi connectivity index (χ1) is 11.9. The summed E-state index contributed by atoms with van der Waals surface area (Å²) in [6.07, 6.45) is 1.69. The number of rotatable bonds is 3. The molecule has 25 heavy (non-hydrogen) atoms. The number of oxime groups is 1. The van der Waals surface area contributed by atoms with Gasteiger partial charge in [0.1, 0.15) is 11.6 Å². The highest BCUT2D eigenvalue weighted by molar-refractivity contribution is 6.34. The van der Waals surface area contributed by atoms with Crippen LogP contribution in [0.3, 0.4) is 0 Å². The highest BCUT2D eigenvalue weighted by Gasteiger charge is 2.26. The number of aromatic nitrogens is 3. The summed E-state index contributed by atoms with van der Waals surface area (Å²) in [7, 11) is 1.86. The molecule has 0 aliphatic rings. The molecule has 130 valence electrons. The minimum atomic E-state index is -0.0509. The third-order valence-electron chi connectivity index (χ3n) is 4.12. The Morgan fingerprint density at radius 3 is 2.40 bits per heavy atom. The number of aryl methyl sites for hydroxylation is 2. The van der Waals surface area contributed by atoms with Crippen molar-refractivity contribution in [3.05, 3.63) is 52.6 Å². The maximum atomic E-state index is 9.57. The first-order valence-electron chi connectivity index (χ1n) is 7.53. The molecular weight excluding hydrogens is 342 g/mol. The first kappa shape index (κ1) is 16.9. The summed E-state index contributed by atoms with van der Waals surface area (Å²) >= 11 is 6.61. The summed E-state index contributed by atoms with van der Waals surface area (Å²) < 4.78 is 3.66. The Morgan fingerprint density at radius 1 is 1.24 bits per heavy atom. The molecule has 0 bridgehead atoms. The predicted octanol–water partition coefficient (Wildman–Crippen LogP) is 2.95. The van der Waals surface area contributed by atoms with Gasteiger partial charge >= 0.3 is 0 Å². The van der Waals surface area contributed by atoms with Crippen molar-refractivity contribution in [1.29, 1.82) is 0 Å². The Kier molecular flexibility index (Phi) is 4.18. The second kappa shape index (κ2) is 6.18. The molecule has 2 heterocycles. The minimum Gasteiger partial charge on any atom is -0.508 e. The lowest BCUT2D eigenvalue weighted by molar-refractivity contribution is 0.318. The van der Waals surface area contributed by atoms with E-state index in [0.29, 0.717) is 22.0 Å². The van der Waals surface area contributed by atoms with Gasteiger partial charge in [0.25, 0.3) is 0 Å². The largest absolute Gasteiger partial charge is 0.508 e. The molecule has 0 aliphatic carbocycles. The Labute approximate surface area is 149 Å². The molecule has 3 rings (SSSR count). The molecule has 0 unspecified atom stereocenters. The topological polar surface area (TPSA) is 102 Å². The van der Waals surface area contributed by atoms with Crippen molar-refractivity contribution < 1.29 is 10.3 Å². The van der Waals surface area contributed by atoms with E-state index in [1.807, 2.05) is 30.0 Å². The fourth-order valence-corrected chi connectivity index (χ4v) is 3.24. The van der Waals surface area contributed by atoms with Crippen molar-refractivity contribution in [2.45, 2.75) is 13.8 Å². The molecule has 0 radical (unpaired) electrons. The van der Waals surface area contributed by atoms with E-state index in [4.69, 9.17) is 17.3 Å². The van der Waals surface area contributed by atoms with E-state index in [1.54, 1.807) is 30.6 Å². The van der Waals surface area contributed by atoms with E-state index in [2.05, 4.69) is 10.1 Å². The summed E-state index contributed by atoms with van der Waals surface area (Å²) in [5, 5.41) is 22.4. The highest BCUT2D eigenvalue weighted by Crippen LogP contribution is 2.38. The predicted molar refractivity (Wildman–Crippen MR) is 96.6 cm³/mol. The SMILES string of the molecule is Cc1ncn(C)c1-n1c(C(N)=NO)c(C)c(Cl)c1-c1ccc(O)cc1. The van der Waals surface area contributed by atoms with Gasteiger partial charge in [0, 0.05) is 12.6 Å². The standard InChI is InChI=1S/C17H18ClN5O2/c1-9-13(18)15(11-4-6-12(24)7-5-11)23(14(9)16(19)21-25)17-10(2)20-8-22(17)3/h4-8,24-25H,1-3H3,(H2,19,21). The van der Waals surface area contributed by atoms with E-state index in [0.717, 1.165) is 17.1 Å². The summed E-state index contributed by atoms with van der Waals surface area (Å²) in [5.74, 6) is 0.854. The lowest BCUT2D eigenvalue weighted by Crippen LogP contribution is -2.20. The Bertz CT molecular complexity index is 951. The number of aromatic hydroxyl groups is 1. The number of amidine groups is 1. The summed E-state index contributed by atoms with van der Waals surface area (Å²) in [6, 6.07) is 6.68. The van der Waals surface area contributed by atoms with Gasteiger partial charge in [-0.05, 0) is 43.7 Å². The number of hydrogen-bond acceptors (Lipinski definition) is 4. The molecule has 0 saturated carbocycles. The molecule has 7 nitrogen and oxygen atoms in total. The van der Waals surface area contributed by atoms with Crippen LogP contribution in [0.25, 0.3) is 17.1 Å². The molecular formula is C17H18ClN5O2. The molecule has 0 saturated heterocycles. The zero-order chi connectivity index (χ0) is 18.3. The lowest BCUT2D eigenvalue weighted by atomic mass is 10.1. The number of phenols is 1. The van der Waals surface area contributed by atoms with Crippen LogP contribution in [0.1, 0.15) is 17.0 Å². The second-order valence-corrected chi connectivity index (χ2v) is 6.15. The number of halogens is 1. The van der Waals surface area contributed by atoms with Gasteiger partial charge in [-0.1, -0.05) is 16.8 Å². The highest BCUT2D eigenvalue weighted by atomic mass is 35.5. The number of nitrogens with zero attached hydrogens (tertiary/aromatic N) is 4. The van der Waals surface area contributed by atoms with Gasteiger partial charge in [0.15, 0.2) is 5.84 Å². The van der Waals surface area contributed by atoms with Gasteiger partial charge in [0.05, 0.1) is 28.4 Å². The number of nitrogens with two attached hydrogens (primary N) is 1. The minimum absolute atomic E-state index is 0.0509. The Balaban J connectivity index is 2.45. The van der Waals surface area contributed by atoms with E-state index < -0.39 is 0 Å². The monoisotopic (exact) mass is 359 g/mol. The van der Waals surface area contributed by atoms with E-state index in [-0.39, 0.29) is 11.6 Å². The molecule has 3 aromatic rings. The van der Waals surface area contributed by atoms with Crippen molar-refractivity contribution in [3.8, 4) is 22.8 Å². The van der Waals surface area contributed by atoms with Crippen LogP contribution in [0, 0.1) is 13.8 Å². The number of hydrogen-bond donors (Lipinski definition) is 3. The molecule has 1 aromatic carbocycles. The normalized spacial score (nSPS) is 11.9. The third-order valence-corrected chi connectivity index (χ3v) is 4.59. The van der Waals surface area contributed by atoms with E-state index >= 15 is 0 Å². The molecule has 0 atom stereocenters. The lowest BCUT2D eigenvalue weighted by Gasteiger charge is -2.15. The van der Waals surface area contributed by atoms with Crippen molar-refractivity contribution >= 4 is 17.4 Å². The molecule has 2 aromatic heterocycles. The van der Waals surface area contributed by atoms with E-state index in [1.165, 1.54) is 0 Å². The van der Waals surface area contributed by atoms with Gasteiger partial charge in [-0.3, -0.25) is 4.57 Å². The molecule has 0 fully saturated rings. The number of benzene rings is 1. The van der Waals surface area contributed by atoms with Crippen LogP contribution < -0.4 is 5.73 Å². The third kappa shape index (κ3) is 2.62. The van der Waals surface area contributed by atoms with Crippen molar-refractivity contribution in [2.24, 2.45) is 17.9 Å². The summed E-state index contributed by atoms with van der Waals surface area (Å²) in [5.41, 5.74) is 9.33. The molecule has 4 N–H and O–H groups in total. The summed E-state index contributed by atoms with van der Waals surface area (Å²) in [4.78, 5) is 4.32. The molecule has 0 amide bonds. The average molecular weight is 360 g/mol. The van der Waals surface area contributed by atoms with Gasteiger partial charge in [-0.2, -0.15) is 0 Å². The van der Waals surface area contributed by atoms with E-state index in [9.17, 15) is 10.3 Å². The van der Waals surface area contributed by atoms with Crippen LogP contribution >= 0.6 is 11.6 Å². The van der Waals surface area contributed by atoms with Crippen LogP contribution in [0.2, 0.25) is 5.02 Å². The van der Waals surface area contributed by atoms with Crippen LogP contribution in [-0.2, 0) is 7.05 Å². The molecule has 0 spiro atoms. The van der Waals surface area contributed by atoms with Gasteiger partial charge in [0.2, 0.25) is 0 Å². The van der Waals surface area contributed by atoms with Gasteiger partial charge < -0.3 is 20.6 Å². The maximum Gasteiger partial charge on any atom is 0.187 e. The van der Waals surface area contributed by atoms with Crippen molar-refractivity contribution in [3.63, 3.8) is 0 Å². The van der Waals surface area contributed by atoms with Crippen LogP contribution in [0.4, 0.5) is 0 Å². The smallest absolute Gasteiger partial charge is 0.187 e. The van der Waals surface area contributed by atoms with Gasteiger partial charge in [-0.25, -0.2) is 4.98 Å². The quantitative estimate of drug-likeness (QED) is 0.289. The van der Waals surface area contributed by atoms with Crippen LogP contribution in [0.15, 0.2) is 35.7 Å². The fraction of sp³-hybridized carbons (Fsp3) is 0.176. The second-order valence-electron chi connectivity index (χ2n) is 5.77. The Hall–Kier alpha value is -2.93. The first-order valence-corrected chi connectivity index (χ1v) is 7.91. The summed E-state index contributed by atoms with van der Waals surface area (Å²) in [6.45, 7) is 3.68. The fourth-order valence-electron chi connectivity index (χ4n) is 2.96. The maximum absolute atomic E-state index is 9.57. The number of phenolic OH excluding ortho intramolecular Hbond substituents is 1. The Morgan fingerprint density at radius 2 is 1.88 bits per heavy atom. The number of imidazole rings is 1. The molecule has 8 heteroatoms. The van der Waals surface area contributed by atoms with Crippen molar-refractivity contribution in [1.82, 2.24) is 14.1 Å². The molecule has 0 aliphatic heterocycles. The van der Waals surface area contributed by atoms with Crippen LogP contribution in [-0.4, -0.2) is 30.3 Å². The average Bonchev–Trinajstić information content (AvgIpc) is 3.05. The zero-order valence-corrected chi connectivity index (χ0v) is 14.8. The van der Waals surface area contributed by atoms with Crippen molar-refractivity contribution in [2.75, 3.05) is 0 Å².